The third kappa shape index (κ3) is 3.20. The number of hydrogen-bond acceptors (Lipinski definition) is 2. The van der Waals surface area contributed by atoms with Gasteiger partial charge in [-0.3, -0.25) is 0 Å². The fourth-order valence-corrected chi connectivity index (χ4v) is 1.33. The van der Waals surface area contributed by atoms with Crippen molar-refractivity contribution in [3.05, 3.63) is 28.8 Å². The highest BCUT2D eigenvalue weighted by Crippen LogP contribution is 2.19. The van der Waals surface area contributed by atoms with Gasteiger partial charge in [0.2, 0.25) is 0 Å². The van der Waals surface area contributed by atoms with Crippen molar-refractivity contribution in [2.24, 2.45) is 0 Å². The first-order valence-corrected chi connectivity index (χ1v) is 5.19. The van der Waals surface area contributed by atoms with E-state index in [0.717, 1.165) is 17.7 Å². The second-order valence-electron chi connectivity index (χ2n) is 3.40. The van der Waals surface area contributed by atoms with E-state index >= 15 is 0 Å². The molecular formula is C11H16ClNO. The van der Waals surface area contributed by atoms with Crippen LogP contribution in [0.1, 0.15) is 18.9 Å². The van der Waals surface area contributed by atoms with E-state index in [1.165, 1.54) is 0 Å². The van der Waals surface area contributed by atoms with Crippen LogP contribution in [-0.2, 0) is 0 Å². The summed E-state index contributed by atoms with van der Waals surface area (Å²) < 4.78 is 0. The molecule has 1 rings (SSSR count). The van der Waals surface area contributed by atoms with Crippen molar-refractivity contribution in [3.63, 3.8) is 0 Å². The van der Waals surface area contributed by atoms with Crippen LogP contribution in [0, 0.1) is 6.92 Å². The molecule has 0 spiro atoms. The number of halogens is 1. The van der Waals surface area contributed by atoms with Gasteiger partial charge >= 0.3 is 0 Å². The lowest BCUT2D eigenvalue weighted by Crippen LogP contribution is -2.18. The van der Waals surface area contributed by atoms with Crippen molar-refractivity contribution in [2.75, 3.05) is 11.9 Å². The molecule has 0 aromatic heterocycles. The van der Waals surface area contributed by atoms with E-state index in [1.807, 2.05) is 32.0 Å². The summed E-state index contributed by atoms with van der Waals surface area (Å²) in [4.78, 5) is 0. The van der Waals surface area contributed by atoms with Crippen LogP contribution in [0.25, 0.3) is 0 Å². The maximum Gasteiger partial charge on any atom is 0.0709 e. The molecule has 1 atom stereocenters. The quantitative estimate of drug-likeness (QED) is 0.806. The zero-order valence-electron chi connectivity index (χ0n) is 8.55. The first-order chi connectivity index (χ1) is 6.63. The number of aliphatic hydroxyl groups excluding tert-OH is 1. The number of nitrogens with one attached hydrogen (secondary N) is 1. The lowest BCUT2D eigenvalue weighted by molar-refractivity contribution is 0.183. The molecule has 1 aromatic rings. The lowest BCUT2D eigenvalue weighted by Gasteiger charge is -2.12. The highest BCUT2D eigenvalue weighted by Gasteiger charge is 2.02. The van der Waals surface area contributed by atoms with Gasteiger partial charge in [-0.15, -0.1) is 0 Å². The SMILES string of the molecule is CCC(O)CNc1cc(Cl)ccc1C. The van der Waals surface area contributed by atoms with Crippen LogP contribution in [0.2, 0.25) is 5.02 Å². The number of benzene rings is 1. The van der Waals surface area contributed by atoms with Crippen molar-refractivity contribution >= 4 is 17.3 Å². The number of hydrogen-bond donors (Lipinski definition) is 2. The van der Waals surface area contributed by atoms with E-state index in [9.17, 15) is 5.11 Å². The molecule has 0 aliphatic rings. The van der Waals surface area contributed by atoms with Crippen molar-refractivity contribution in [1.29, 1.82) is 0 Å². The Morgan fingerprint density at radius 1 is 1.50 bits per heavy atom. The van der Waals surface area contributed by atoms with Gasteiger partial charge in [0.25, 0.3) is 0 Å². The molecule has 1 unspecified atom stereocenters. The monoisotopic (exact) mass is 213 g/mol. The number of anilines is 1. The molecule has 0 saturated carbocycles. The molecule has 0 fully saturated rings. The van der Waals surface area contributed by atoms with Crippen LogP contribution in [-0.4, -0.2) is 17.8 Å². The minimum Gasteiger partial charge on any atom is -0.391 e. The Kier molecular flexibility index (Phi) is 4.23. The third-order valence-corrected chi connectivity index (χ3v) is 2.43. The third-order valence-electron chi connectivity index (χ3n) is 2.20. The van der Waals surface area contributed by atoms with Gasteiger partial charge in [0.05, 0.1) is 6.10 Å². The summed E-state index contributed by atoms with van der Waals surface area (Å²) in [7, 11) is 0. The Labute approximate surface area is 89.9 Å². The average Bonchev–Trinajstić information content (AvgIpc) is 2.19. The van der Waals surface area contributed by atoms with Gasteiger partial charge in [0.1, 0.15) is 0 Å². The molecule has 0 saturated heterocycles. The molecule has 2 N–H and O–H groups in total. The van der Waals surface area contributed by atoms with Crippen molar-refractivity contribution in [1.82, 2.24) is 0 Å². The van der Waals surface area contributed by atoms with Crippen molar-refractivity contribution < 1.29 is 5.11 Å². The second-order valence-corrected chi connectivity index (χ2v) is 3.84. The Hall–Kier alpha value is -0.730. The zero-order valence-corrected chi connectivity index (χ0v) is 9.30. The second kappa shape index (κ2) is 5.23. The molecular weight excluding hydrogens is 198 g/mol. The Bertz CT molecular complexity index is 301. The summed E-state index contributed by atoms with van der Waals surface area (Å²) in [5.74, 6) is 0. The summed E-state index contributed by atoms with van der Waals surface area (Å²) in [6, 6.07) is 5.70. The molecule has 0 radical (unpaired) electrons. The standard InChI is InChI=1S/C11H16ClNO/c1-3-10(14)7-13-11-6-9(12)5-4-8(11)2/h4-6,10,13-14H,3,7H2,1-2H3. The highest BCUT2D eigenvalue weighted by molar-refractivity contribution is 6.30. The van der Waals surface area contributed by atoms with Crippen LogP contribution in [0.3, 0.4) is 0 Å². The van der Waals surface area contributed by atoms with Crippen LogP contribution in [0.5, 0.6) is 0 Å². The summed E-state index contributed by atoms with van der Waals surface area (Å²) in [5.41, 5.74) is 2.13. The minimum atomic E-state index is -0.298. The van der Waals surface area contributed by atoms with Crippen molar-refractivity contribution in [2.45, 2.75) is 26.4 Å². The number of aliphatic hydroxyl groups is 1. The zero-order chi connectivity index (χ0) is 10.6. The number of rotatable bonds is 4. The predicted octanol–water partition coefficient (Wildman–Crippen LogP) is 2.83. The fourth-order valence-electron chi connectivity index (χ4n) is 1.16. The first-order valence-electron chi connectivity index (χ1n) is 4.81. The summed E-state index contributed by atoms with van der Waals surface area (Å²) in [5, 5.41) is 13.3. The smallest absolute Gasteiger partial charge is 0.0709 e. The Morgan fingerprint density at radius 3 is 2.86 bits per heavy atom. The van der Waals surface area contributed by atoms with Crippen LogP contribution in [0.4, 0.5) is 5.69 Å². The van der Waals surface area contributed by atoms with Gasteiger partial charge in [0, 0.05) is 17.3 Å². The molecule has 1 aromatic carbocycles. The van der Waals surface area contributed by atoms with E-state index in [1.54, 1.807) is 0 Å². The molecule has 0 aliphatic heterocycles. The van der Waals surface area contributed by atoms with Crippen molar-refractivity contribution in [3.8, 4) is 0 Å². The molecule has 78 valence electrons. The average molecular weight is 214 g/mol. The predicted molar refractivity (Wildman–Crippen MR) is 61.0 cm³/mol. The van der Waals surface area contributed by atoms with E-state index in [-0.39, 0.29) is 6.10 Å². The summed E-state index contributed by atoms with van der Waals surface area (Å²) in [6.07, 6.45) is 0.459. The number of aryl methyl sites for hydroxylation is 1. The van der Waals surface area contributed by atoms with Gasteiger partial charge in [-0.05, 0) is 31.0 Å². The largest absolute Gasteiger partial charge is 0.391 e. The van der Waals surface area contributed by atoms with Gasteiger partial charge in [-0.2, -0.15) is 0 Å². The Morgan fingerprint density at radius 2 is 2.21 bits per heavy atom. The van der Waals surface area contributed by atoms with Gasteiger partial charge in [0.15, 0.2) is 0 Å². The van der Waals surface area contributed by atoms with Crippen LogP contribution >= 0.6 is 11.6 Å². The maximum absolute atomic E-state index is 9.38. The molecule has 14 heavy (non-hydrogen) atoms. The molecule has 0 bridgehead atoms. The maximum atomic E-state index is 9.38. The van der Waals surface area contributed by atoms with Gasteiger partial charge in [-0.25, -0.2) is 0 Å². The molecule has 0 aliphatic carbocycles. The van der Waals surface area contributed by atoms with E-state index < -0.39 is 0 Å². The lowest BCUT2D eigenvalue weighted by atomic mass is 10.2. The van der Waals surface area contributed by atoms with E-state index in [0.29, 0.717) is 11.6 Å². The topological polar surface area (TPSA) is 32.3 Å². The fraction of sp³-hybridized carbons (Fsp3) is 0.455. The summed E-state index contributed by atoms with van der Waals surface area (Å²) in [6.45, 7) is 4.53. The molecule has 0 amide bonds. The van der Waals surface area contributed by atoms with Crippen LogP contribution in [0.15, 0.2) is 18.2 Å². The van der Waals surface area contributed by atoms with E-state index in [2.05, 4.69) is 5.32 Å². The molecule has 2 nitrogen and oxygen atoms in total. The van der Waals surface area contributed by atoms with E-state index in [4.69, 9.17) is 11.6 Å². The van der Waals surface area contributed by atoms with Crippen LogP contribution < -0.4 is 5.32 Å². The van der Waals surface area contributed by atoms with Gasteiger partial charge in [-0.1, -0.05) is 24.6 Å². The first kappa shape index (κ1) is 11.3. The Balaban J connectivity index is 2.62. The normalized spacial score (nSPS) is 12.6. The highest BCUT2D eigenvalue weighted by atomic mass is 35.5. The van der Waals surface area contributed by atoms with Gasteiger partial charge < -0.3 is 10.4 Å². The molecule has 3 heteroatoms. The molecule has 0 heterocycles. The minimum absolute atomic E-state index is 0.298. The summed E-state index contributed by atoms with van der Waals surface area (Å²) >= 11 is 5.86.